The Morgan fingerprint density at radius 2 is 1.39 bits per heavy atom. The molecule has 7 nitrogen and oxygen atoms in total. The molecule has 0 amide bonds. The van der Waals surface area contributed by atoms with Gasteiger partial charge in [0, 0.05) is 12.1 Å². The predicted molar refractivity (Wildman–Crippen MR) is 181 cm³/mol. The SMILES string of the molecule is CC1=C(c2ccc(OC(=O)C(C)(C)C)cc2)C(c2ccc(OCCN3CCCCC3)cc2)Oc2cccc(OC(=O)C(C)(C)C)c21. The Bertz CT molecular complexity index is 1570. The van der Waals surface area contributed by atoms with Crippen molar-refractivity contribution in [2.45, 2.75) is 73.8 Å². The van der Waals surface area contributed by atoms with Crippen LogP contribution in [-0.4, -0.2) is 43.1 Å². The number of rotatable bonds is 8. The first-order valence-corrected chi connectivity index (χ1v) is 16.3. The van der Waals surface area contributed by atoms with Crippen LogP contribution in [0.3, 0.4) is 0 Å². The molecule has 3 aromatic carbocycles. The van der Waals surface area contributed by atoms with Gasteiger partial charge in [-0.2, -0.15) is 0 Å². The van der Waals surface area contributed by atoms with Gasteiger partial charge in [-0.15, -0.1) is 0 Å². The van der Waals surface area contributed by atoms with E-state index in [-0.39, 0.29) is 11.9 Å². The Kier molecular flexibility index (Phi) is 9.92. The smallest absolute Gasteiger partial charge is 0.316 e. The second kappa shape index (κ2) is 13.7. The van der Waals surface area contributed by atoms with Crippen LogP contribution >= 0.6 is 0 Å². The zero-order valence-electron chi connectivity index (χ0n) is 28.3. The molecule has 0 aromatic heterocycles. The van der Waals surface area contributed by atoms with E-state index in [0.29, 0.717) is 23.9 Å². The van der Waals surface area contributed by atoms with E-state index in [9.17, 15) is 9.59 Å². The van der Waals surface area contributed by atoms with Crippen molar-refractivity contribution >= 4 is 23.1 Å². The van der Waals surface area contributed by atoms with Crippen molar-refractivity contribution in [3.63, 3.8) is 0 Å². The second-order valence-electron chi connectivity index (χ2n) is 14.3. The lowest BCUT2D eigenvalue weighted by atomic mass is 9.85. The molecule has 1 unspecified atom stereocenters. The predicted octanol–water partition coefficient (Wildman–Crippen LogP) is 8.52. The fourth-order valence-electron chi connectivity index (χ4n) is 5.61. The standard InChI is InChI=1S/C39H47NO6/c1-26-33(27-14-20-30(21-15-27)44-36(41)38(2,3)4)35(45-31-12-11-13-32(34(26)31)46-37(42)39(5,6)7)28-16-18-29(19-17-28)43-25-24-40-22-9-8-10-23-40/h11-21,35H,8-10,22-25H2,1-7H3. The van der Waals surface area contributed by atoms with Gasteiger partial charge in [0.1, 0.15) is 35.7 Å². The summed E-state index contributed by atoms with van der Waals surface area (Å²) < 4.78 is 24.4. The number of nitrogens with zero attached hydrogens (tertiary/aromatic N) is 1. The van der Waals surface area contributed by atoms with Gasteiger partial charge >= 0.3 is 11.9 Å². The first-order chi connectivity index (χ1) is 21.8. The van der Waals surface area contributed by atoms with Crippen LogP contribution in [0, 0.1) is 10.8 Å². The number of fused-ring (bicyclic) bond motifs is 1. The second-order valence-corrected chi connectivity index (χ2v) is 14.3. The van der Waals surface area contributed by atoms with Gasteiger partial charge in [0.05, 0.1) is 16.4 Å². The molecule has 0 radical (unpaired) electrons. The van der Waals surface area contributed by atoms with E-state index >= 15 is 0 Å². The van der Waals surface area contributed by atoms with Gasteiger partial charge in [-0.05, 0) is 127 Å². The Balaban J connectivity index is 1.46. The van der Waals surface area contributed by atoms with E-state index in [0.717, 1.165) is 53.2 Å². The molecule has 0 N–H and O–H groups in total. The number of benzene rings is 3. The number of allylic oxidation sites excluding steroid dienone is 1. The van der Waals surface area contributed by atoms with E-state index in [1.807, 2.05) is 97.0 Å². The number of esters is 2. The van der Waals surface area contributed by atoms with Crippen LogP contribution in [0.15, 0.2) is 66.7 Å². The number of likely N-dealkylation sites (tertiary alicyclic amines) is 1. The van der Waals surface area contributed by atoms with Crippen LogP contribution in [0.25, 0.3) is 11.1 Å². The molecule has 2 aliphatic rings. The number of hydrogen-bond donors (Lipinski definition) is 0. The summed E-state index contributed by atoms with van der Waals surface area (Å²) in [5, 5.41) is 0. The van der Waals surface area contributed by atoms with E-state index in [4.69, 9.17) is 18.9 Å². The third-order valence-corrected chi connectivity index (χ3v) is 8.39. The Morgan fingerprint density at radius 3 is 2.02 bits per heavy atom. The minimum Gasteiger partial charge on any atom is -0.492 e. The maximum absolute atomic E-state index is 12.9. The van der Waals surface area contributed by atoms with Gasteiger partial charge in [0.2, 0.25) is 0 Å². The summed E-state index contributed by atoms with van der Waals surface area (Å²) in [4.78, 5) is 27.9. The summed E-state index contributed by atoms with van der Waals surface area (Å²) in [6.07, 6.45) is 3.41. The number of piperidine rings is 1. The van der Waals surface area contributed by atoms with Gasteiger partial charge in [0.15, 0.2) is 0 Å². The van der Waals surface area contributed by atoms with Gasteiger partial charge in [0.25, 0.3) is 0 Å². The molecule has 0 saturated carbocycles. The molecule has 46 heavy (non-hydrogen) atoms. The third-order valence-electron chi connectivity index (χ3n) is 8.39. The first-order valence-electron chi connectivity index (χ1n) is 16.3. The molecule has 5 rings (SSSR count). The van der Waals surface area contributed by atoms with Crippen molar-refractivity contribution < 1.29 is 28.5 Å². The number of ether oxygens (including phenoxy) is 4. The van der Waals surface area contributed by atoms with E-state index in [1.165, 1.54) is 19.3 Å². The van der Waals surface area contributed by atoms with E-state index in [2.05, 4.69) is 4.90 Å². The minimum atomic E-state index is -0.668. The molecule has 3 aromatic rings. The summed E-state index contributed by atoms with van der Waals surface area (Å²) >= 11 is 0. The third kappa shape index (κ3) is 7.81. The summed E-state index contributed by atoms with van der Waals surface area (Å²) in [7, 11) is 0. The van der Waals surface area contributed by atoms with Crippen LogP contribution in [0.2, 0.25) is 0 Å². The fraction of sp³-hybridized carbons (Fsp3) is 0.436. The van der Waals surface area contributed by atoms with Gasteiger partial charge in [-0.25, -0.2) is 0 Å². The lowest BCUT2D eigenvalue weighted by molar-refractivity contribution is -0.143. The highest BCUT2D eigenvalue weighted by Crippen LogP contribution is 2.50. The van der Waals surface area contributed by atoms with E-state index in [1.54, 1.807) is 18.2 Å². The highest BCUT2D eigenvalue weighted by Gasteiger charge is 2.33. The van der Waals surface area contributed by atoms with Crippen molar-refractivity contribution in [3.05, 3.63) is 83.4 Å². The lowest BCUT2D eigenvalue weighted by Gasteiger charge is -2.32. The van der Waals surface area contributed by atoms with Crippen molar-refractivity contribution in [1.82, 2.24) is 4.90 Å². The van der Waals surface area contributed by atoms with Crippen molar-refractivity contribution in [2.75, 3.05) is 26.2 Å². The molecule has 1 atom stereocenters. The molecule has 7 heteroatoms. The normalized spacial score (nSPS) is 17.2. The number of carbonyl (C=O) groups excluding carboxylic acids is 2. The molecule has 244 valence electrons. The lowest BCUT2D eigenvalue weighted by Crippen LogP contribution is -2.33. The fourth-order valence-corrected chi connectivity index (χ4v) is 5.61. The highest BCUT2D eigenvalue weighted by molar-refractivity contribution is 5.97. The maximum Gasteiger partial charge on any atom is 0.316 e. The Labute approximate surface area is 273 Å². The van der Waals surface area contributed by atoms with Crippen LogP contribution in [0.4, 0.5) is 0 Å². The average molecular weight is 626 g/mol. The van der Waals surface area contributed by atoms with Gasteiger partial charge in [-0.3, -0.25) is 14.5 Å². The monoisotopic (exact) mass is 625 g/mol. The van der Waals surface area contributed by atoms with Gasteiger partial charge < -0.3 is 18.9 Å². The minimum absolute atomic E-state index is 0.299. The highest BCUT2D eigenvalue weighted by atomic mass is 16.5. The van der Waals surface area contributed by atoms with Crippen LogP contribution in [0.1, 0.15) is 90.5 Å². The molecule has 1 saturated heterocycles. The molecule has 0 aliphatic carbocycles. The Morgan fingerprint density at radius 1 is 0.783 bits per heavy atom. The number of carbonyl (C=O) groups is 2. The van der Waals surface area contributed by atoms with Crippen molar-refractivity contribution in [1.29, 1.82) is 0 Å². The quantitative estimate of drug-likeness (QED) is 0.184. The molecular formula is C39H47NO6. The topological polar surface area (TPSA) is 74.3 Å². The maximum atomic E-state index is 12.9. The number of hydrogen-bond acceptors (Lipinski definition) is 7. The summed E-state index contributed by atoms with van der Waals surface area (Å²) in [6.45, 7) is 16.9. The molecule has 1 fully saturated rings. The summed E-state index contributed by atoms with van der Waals surface area (Å²) in [5.41, 5.74) is 3.19. The zero-order valence-corrected chi connectivity index (χ0v) is 28.3. The molecule has 2 heterocycles. The molecule has 2 aliphatic heterocycles. The summed E-state index contributed by atoms with van der Waals surface area (Å²) in [5.74, 6) is 1.77. The molecule has 0 bridgehead atoms. The molecular weight excluding hydrogens is 578 g/mol. The Hall–Kier alpha value is -4.10. The van der Waals surface area contributed by atoms with Crippen LogP contribution in [-0.2, 0) is 9.59 Å². The average Bonchev–Trinajstić information content (AvgIpc) is 3.01. The van der Waals surface area contributed by atoms with Gasteiger partial charge in [-0.1, -0.05) is 36.8 Å². The zero-order chi connectivity index (χ0) is 33.1. The first kappa shape index (κ1) is 33.3. The van der Waals surface area contributed by atoms with Crippen LogP contribution < -0.4 is 18.9 Å². The van der Waals surface area contributed by atoms with Crippen molar-refractivity contribution in [3.8, 4) is 23.0 Å². The largest absolute Gasteiger partial charge is 0.492 e. The van der Waals surface area contributed by atoms with E-state index < -0.39 is 16.9 Å². The summed E-state index contributed by atoms with van der Waals surface area (Å²) in [6, 6.07) is 21.1. The molecule has 0 spiro atoms. The van der Waals surface area contributed by atoms with Crippen LogP contribution in [0.5, 0.6) is 23.0 Å². The van der Waals surface area contributed by atoms with Crippen molar-refractivity contribution in [2.24, 2.45) is 10.8 Å².